The van der Waals surface area contributed by atoms with Crippen molar-refractivity contribution in [2.45, 2.75) is 45.6 Å². The number of ether oxygens (including phenoxy) is 1. The van der Waals surface area contributed by atoms with E-state index in [1.807, 2.05) is 24.3 Å². The molecule has 0 saturated carbocycles. The summed E-state index contributed by atoms with van der Waals surface area (Å²) < 4.78 is 8.15. The quantitative estimate of drug-likeness (QED) is 0.399. The highest BCUT2D eigenvalue weighted by molar-refractivity contribution is 6.30. The van der Waals surface area contributed by atoms with Gasteiger partial charge in [0.05, 0.1) is 11.5 Å². The predicted octanol–water partition coefficient (Wildman–Crippen LogP) is 5.48. The van der Waals surface area contributed by atoms with Gasteiger partial charge in [-0.2, -0.15) is 0 Å². The summed E-state index contributed by atoms with van der Waals surface area (Å²) in [6.07, 6.45) is 2.41. The lowest BCUT2D eigenvalue weighted by Gasteiger charge is -2.28. The molecular weight excluding hydrogens is 404 g/mol. The van der Waals surface area contributed by atoms with Crippen molar-refractivity contribution in [3.63, 3.8) is 0 Å². The van der Waals surface area contributed by atoms with Gasteiger partial charge in [-0.15, -0.1) is 0 Å². The molecule has 0 fully saturated rings. The van der Waals surface area contributed by atoms with Crippen molar-refractivity contribution < 1.29 is 9.66 Å². The van der Waals surface area contributed by atoms with Crippen LogP contribution in [0.5, 0.6) is 0 Å². The zero-order valence-electron chi connectivity index (χ0n) is 16.7. The molecule has 1 aliphatic rings. The van der Waals surface area contributed by atoms with Gasteiger partial charge in [-0.1, -0.05) is 55.3 Å². The molecule has 0 amide bonds. The second-order valence-corrected chi connectivity index (χ2v) is 7.67. The van der Waals surface area contributed by atoms with Gasteiger partial charge in [-0.25, -0.2) is 4.98 Å². The van der Waals surface area contributed by atoms with Crippen LogP contribution >= 0.6 is 11.6 Å². The number of rotatable bonds is 7. The van der Waals surface area contributed by atoms with E-state index in [4.69, 9.17) is 16.3 Å². The van der Waals surface area contributed by atoms with Crippen molar-refractivity contribution in [3.8, 4) is 0 Å². The smallest absolute Gasteiger partial charge is 0.269 e. The summed E-state index contributed by atoms with van der Waals surface area (Å²) in [7, 11) is 0. The summed E-state index contributed by atoms with van der Waals surface area (Å²) in [4.78, 5) is 15.2. The SMILES string of the molecule is CCCCc1nc(Cl)c(C2Nc3ccccc3CO2)n1Cc1ccc([N+](=O)[O-])cc1. The lowest BCUT2D eigenvalue weighted by molar-refractivity contribution is -0.384. The lowest BCUT2D eigenvalue weighted by atomic mass is 10.1. The van der Waals surface area contributed by atoms with Crippen molar-refractivity contribution in [2.75, 3.05) is 5.32 Å². The summed E-state index contributed by atoms with van der Waals surface area (Å²) in [5, 5.41) is 14.8. The van der Waals surface area contributed by atoms with Crippen molar-refractivity contribution in [1.29, 1.82) is 0 Å². The number of non-ortho nitro benzene ring substituents is 1. The van der Waals surface area contributed by atoms with Gasteiger partial charge in [-0.3, -0.25) is 10.1 Å². The molecule has 0 aliphatic carbocycles. The number of para-hydroxylation sites is 1. The molecule has 2 aromatic carbocycles. The average Bonchev–Trinajstić information content (AvgIpc) is 3.07. The Balaban J connectivity index is 1.68. The van der Waals surface area contributed by atoms with E-state index in [-0.39, 0.29) is 5.69 Å². The van der Waals surface area contributed by atoms with Crippen molar-refractivity contribution in [2.24, 2.45) is 0 Å². The first-order chi connectivity index (χ1) is 14.6. The normalized spacial score (nSPS) is 15.5. The van der Waals surface area contributed by atoms with Crippen LogP contribution in [0.4, 0.5) is 11.4 Å². The largest absolute Gasteiger partial charge is 0.355 e. The Morgan fingerprint density at radius 3 is 2.77 bits per heavy atom. The summed E-state index contributed by atoms with van der Waals surface area (Å²) >= 11 is 6.58. The van der Waals surface area contributed by atoms with Crippen LogP contribution in [0.25, 0.3) is 0 Å². The van der Waals surface area contributed by atoms with Gasteiger partial charge in [0.25, 0.3) is 5.69 Å². The Morgan fingerprint density at radius 1 is 1.27 bits per heavy atom. The van der Waals surface area contributed by atoms with E-state index in [9.17, 15) is 10.1 Å². The van der Waals surface area contributed by atoms with Crippen LogP contribution in [0.1, 0.15) is 48.6 Å². The van der Waals surface area contributed by atoms with Gasteiger partial charge < -0.3 is 14.6 Å². The van der Waals surface area contributed by atoms with Crippen LogP contribution in [0.15, 0.2) is 48.5 Å². The van der Waals surface area contributed by atoms with Gasteiger partial charge in [-0.05, 0) is 18.1 Å². The zero-order chi connectivity index (χ0) is 21.1. The monoisotopic (exact) mass is 426 g/mol. The number of unbranched alkanes of at least 4 members (excludes halogenated alkanes) is 1. The van der Waals surface area contributed by atoms with E-state index in [0.29, 0.717) is 18.3 Å². The van der Waals surface area contributed by atoms with Crippen molar-refractivity contribution in [3.05, 3.63) is 86.4 Å². The maximum Gasteiger partial charge on any atom is 0.269 e. The molecule has 1 N–H and O–H groups in total. The first-order valence-corrected chi connectivity index (χ1v) is 10.4. The van der Waals surface area contributed by atoms with Crippen LogP contribution in [-0.2, 0) is 24.3 Å². The summed E-state index contributed by atoms with van der Waals surface area (Å²) in [5.41, 5.74) is 3.89. The fraction of sp³-hybridized carbons (Fsp3) is 0.318. The average molecular weight is 427 g/mol. The Hall–Kier alpha value is -2.90. The number of nitro groups is 1. The standard InChI is InChI=1S/C22H23ClN4O3/c1-2-3-8-19-25-21(23)20(22-24-18-7-5-4-6-16(18)14-30-22)26(19)13-15-9-11-17(12-10-15)27(28)29/h4-7,9-12,22,24H,2-3,8,13-14H2,1H3. The van der Waals surface area contributed by atoms with E-state index in [0.717, 1.165) is 47.6 Å². The summed E-state index contributed by atoms with van der Waals surface area (Å²) in [6, 6.07) is 14.6. The van der Waals surface area contributed by atoms with E-state index < -0.39 is 11.2 Å². The van der Waals surface area contributed by atoms with Crippen molar-refractivity contribution >= 4 is 23.0 Å². The molecule has 1 aromatic heterocycles. The number of aromatic nitrogens is 2. The molecule has 2 heterocycles. The van der Waals surface area contributed by atoms with E-state index in [1.165, 1.54) is 12.1 Å². The van der Waals surface area contributed by atoms with E-state index in [1.54, 1.807) is 12.1 Å². The number of aryl methyl sites for hydroxylation is 1. The molecule has 1 unspecified atom stereocenters. The third-order valence-corrected chi connectivity index (χ3v) is 5.52. The molecule has 30 heavy (non-hydrogen) atoms. The van der Waals surface area contributed by atoms with Crippen LogP contribution in [0, 0.1) is 10.1 Å². The second kappa shape index (κ2) is 8.85. The molecule has 0 spiro atoms. The maximum atomic E-state index is 11.0. The molecule has 156 valence electrons. The number of hydrogen-bond acceptors (Lipinski definition) is 5. The van der Waals surface area contributed by atoms with E-state index >= 15 is 0 Å². The maximum absolute atomic E-state index is 11.0. The minimum atomic E-state index is -0.423. The lowest BCUT2D eigenvalue weighted by Crippen LogP contribution is -2.24. The Morgan fingerprint density at radius 2 is 2.03 bits per heavy atom. The van der Waals surface area contributed by atoms with Gasteiger partial charge in [0.1, 0.15) is 11.5 Å². The molecule has 1 aliphatic heterocycles. The van der Waals surface area contributed by atoms with Crippen LogP contribution in [0.3, 0.4) is 0 Å². The molecule has 0 radical (unpaired) electrons. The van der Waals surface area contributed by atoms with Crippen LogP contribution in [-0.4, -0.2) is 14.5 Å². The minimum absolute atomic E-state index is 0.0720. The summed E-state index contributed by atoms with van der Waals surface area (Å²) in [6.45, 7) is 3.13. The number of halogens is 1. The fourth-order valence-electron chi connectivity index (χ4n) is 3.63. The highest BCUT2D eigenvalue weighted by Gasteiger charge is 2.28. The first kappa shape index (κ1) is 20.4. The predicted molar refractivity (Wildman–Crippen MR) is 116 cm³/mol. The molecule has 8 heteroatoms. The minimum Gasteiger partial charge on any atom is -0.355 e. The topological polar surface area (TPSA) is 82.2 Å². The third kappa shape index (κ3) is 4.17. The Bertz CT molecular complexity index is 1050. The number of fused-ring (bicyclic) bond motifs is 1. The van der Waals surface area contributed by atoms with Crippen LogP contribution < -0.4 is 5.32 Å². The number of hydrogen-bond donors (Lipinski definition) is 1. The number of nitro benzene ring substituents is 1. The second-order valence-electron chi connectivity index (χ2n) is 7.31. The molecule has 7 nitrogen and oxygen atoms in total. The number of anilines is 1. The number of benzene rings is 2. The van der Waals surface area contributed by atoms with Crippen LogP contribution in [0.2, 0.25) is 5.15 Å². The Kier molecular flexibility index (Phi) is 6.01. The van der Waals surface area contributed by atoms with Crippen molar-refractivity contribution in [1.82, 2.24) is 9.55 Å². The number of imidazole rings is 1. The molecular formula is C22H23ClN4O3. The molecule has 4 rings (SSSR count). The van der Waals surface area contributed by atoms with Gasteiger partial charge in [0.15, 0.2) is 11.4 Å². The molecule has 0 saturated heterocycles. The Labute approximate surface area is 179 Å². The summed E-state index contributed by atoms with van der Waals surface area (Å²) in [5.74, 6) is 0.888. The molecule has 3 aromatic rings. The number of nitrogens with one attached hydrogen (secondary N) is 1. The van der Waals surface area contributed by atoms with Gasteiger partial charge in [0, 0.05) is 36.3 Å². The fourth-order valence-corrected chi connectivity index (χ4v) is 3.93. The van der Waals surface area contributed by atoms with Gasteiger partial charge in [0.2, 0.25) is 0 Å². The van der Waals surface area contributed by atoms with E-state index in [2.05, 4.69) is 21.8 Å². The first-order valence-electron chi connectivity index (χ1n) is 10.0. The molecule has 1 atom stereocenters. The number of nitrogens with zero attached hydrogens (tertiary/aromatic N) is 3. The molecule has 0 bridgehead atoms. The highest BCUT2D eigenvalue weighted by Crippen LogP contribution is 2.35. The third-order valence-electron chi connectivity index (χ3n) is 5.24. The van der Waals surface area contributed by atoms with Gasteiger partial charge >= 0.3 is 0 Å². The highest BCUT2D eigenvalue weighted by atomic mass is 35.5. The zero-order valence-corrected chi connectivity index (χ0v) is 17.4.